The summed E-state index contributed by atoms with van der Waals surface area (Å²) in [5, 5.41) is 15.8. The molecular formula is C33H34N4O3S. The molecule has 1 aliphatic carbocycles. The average molecular weight is 567 g/mol. The molecule has 1 aliphatic heterocycles. The number of nitro benzene ring substituents is 1. The van der Waals surface area contributed by atoms with Crippen LogP contribution in [0, 0.1) is 23.0 Å². The summed E-state index contributed by atoms with van der Waals surface area (Å²) in [5.74, 6) is 0.548. The van der Waals surface area contributed by atoms with E-state index in [-0.39, 0.29) is 28.1 Å². The fraction of sp³-hybridized carbons (Fsp3) is 0.303. The second kappa shape index (κ2) is 11.4. The Kier molecular flexibility index (Phi) is 7.58. The minimum atomic E-state index is -0.377. The first-order valence-corrected chi connectivity index (χ1v) is 15.1. The Bertz CT molecular complexity index is 1610. The average Bonchev–Trinajstić information content (AvgIpc) is 3.42. The smallest absolute Gasteiger partial charge is 0.269 e. The molecule has 3 atom stereocenters. The Labute approximate surface area is 244 Å². The first-order valence-electron chi connectivity index (χ1n) is 14.2. The molecule has 3 aromatic carbocycles. The van der Waals surface area contributed by atoms with Gasteiger partial charge in [0.15, 0.2) is 5.50 Å². The van der Waals surface area contributed by atoms with Gasteiger partial charge in [0.05, 0.1) is 9.83 Å². The van der Waals surface area contributed by atoms with Crippen molar-refractivity contribution in [3.8, 4) is 0 Å². The van der Waals surface area contributed by atoms with Gasteiger partial charge in [0.2, 0.25) is 0 Å². The first kappa shape index (κ1) is 27.1. The van der Waals surface area contributed by atoms with Gasteiger partial charge in [-0.2, -0.15) is 0 Å². The maximum Gasteiger partial charge on any atom is 0.269 e. The second-order valence-corrected chi connectivity index (χ2v) is 12.2. The highest BCUT2D eigenvalue weighted by Crippen LogP contribution is 2.43. The van der Waals surface area contributed by atoms with Crippen LogP contribution in [0.1, 0.15) is 49.4 Å². The summed E-state index contributed by atoms with van der Waals surface area (Å²) < 4.78 is 2.23. The van der Waals surface area contributed by atoms with Crippen LogP contribution in [-0.4, -0.2) is 31.8 Å². The van der Waals surface area contributed by atoms with Crippen LogP contribution in [0.3, 0.4) is 0 Å². The van der Waals surface area contributed by atoms with Gasteiger partial charge in [-0.1, -0.05) is 80.1 Å². The van der Waals surface area contributed by atoms with Gasteiger partial charge < -0.3 is 14.8 Å². The number of rotatable bonds is 7. The quantitative estimate of drug-likeness (QED) is 0.140. The van der Waals surface area contributed by atoms with Gasteiger partial charge in [0.25, 0.3) is 11.6 Å². The summed E-state index contributed by atoms with van der Waals surface area (Å²) in [5.41, 5.74) is 5.06. The highest BCUT2D eigenvalue weighted by Gasteiger charge is 2.43. The predicted molar refractivity (Wildman–Crippen MR) is 167 cm³/mol. The number of fused-ring (bicyclic) bond motifs is 1. The molecule has 1 aromatic heterocycles. The molecule has 4 aromatic rings. The van der Waals surface area contributed by atoms with Crippen LogP contribution in [0.2, 0.25) is 0 Å². The molecule has 6 rings (SSSR count). The molecule has 0 bridgehead atoms. The maximum atomic E-state index is 14.1. The molecule has 2 heterocycles. The summed E-state index contributed by atoms with van der Waals surface area (Å²) in [6.45, 7) is 4.94. The van der Waals surface area contributed by atoms with Crippen LogP contribution in [0.4, 0.5) is 11.4 Å². The molecule has 2 aliphatic rings. The summed E-state index contributed by atoms with van der Waals surface area (Å²) in [6.07, 6.45) is 6.62. The van der Waals surface area contributed by atoms with Crippen molar-refractivity contribution in [2.45, 2.75) is 57.6 Å². The number of carbonyl (C=O) groups excluding carboxylic acids is 1. The van der Waals surface area contributed by atoms with E-state index in [0.717, 1.165) is 57.6 Å². The summed E-state index contributed by atoms with van der Waals surface area (Å²) >= 11 is 1.60. The number of aromatic nitrogens is 1. The van der Waals surface area contributed by atoms with E-state index in [2.05, 4.69) is 46.8 Å². The van der Waals surface area contributed by atoms with E-state index in [1.807, 2.05) is 54.6 Å². The number of nitrogens with zero attached hydrogens (tertiary/aromatic N) is 3. The van der Waals surface area contributed by atoms with Crippen LogP contribution in [-0.2, 0) is 11.3 Å². The number of carbonyl (C=O) groups is 1. The number of non-ortho nitro benzene ring substituents is 1. The van der Waals surface area contributed by atoms with Gasteiger partial charge in [-0.05, 0) is 55.5 Å². The number of nitrogens with one attached hydrogen (secondary N) is 1. The topological polar surface area (TPSA) is 80.4 Å². The molecule has 8 heteroatoms. The molecule has 1 amide bonds. The lowest BCUT2D eigenvalue weighted by Gasteiger charge is -2.39. The van der Waals surface area contributed by atoms with Gasteiger partial charge in [-0.15, -0.1) is 0 Å². The number of anilines is 1. The zero-order chi connectivity index (χ0) is 28.5. The second-order valence-electron chi connectivity index (χ2n) is 11.1. The maximum absolute atomic E-state index is 14.1. The van der Waals surface area contributed by atoms with Crippen LogP contribution in [0.15, 0.2) is 83.8 Å². The zero-order valence-corrected chi connectivity index (χ0v) is 24.1. The van der Waals surface area contributed by atoms with Crippen molar-refractivity contribution in [2.75, 3.05) is 5.32 Å². The summed E-state index contributed by atoms with van der Waals surface area (Å²) in [6, 6.07) is 25.3. The molecule has 7 nitrogen and oxygen atoms in total. The number of amides is 1. The Morgan fingerprint density at radius 2 is 1.71 bits per heavy atom. The Balaban J connectivity index is 1.37. The van der Waals surface area contributed by atoms with Crippen LogP contribution >= 0.6 is 11.8 Å². The number of benzene rings is 3. The van der Waals surface area contributed by atoms with Crippen molar-refractivity contribution in [1.82, 2.24) is 9.47 Å². The van der Waals surface area contributed by atoms with E-state index in [1.165, 1.54) is 6.42 Å². The molecule has 1 unspecified atom stereocenters. The third kappa shape index (κ3) is 5.36. The van der Waals surface area contributed by atoms with Crippen molar-refractivity contribution in [1.29, 1.82) is 0 Å². The Morgan fingerprint density at radius 1 is 1.00 bits per heavy atom. The Morgan fingerprint density at radius 3 is 2.44 bits per heavy atom. The number of para-hydroxylation sites is 2. The minimum absolute atomic E-state index is 0.0838. The molecule has 2 fully saturated rings. The molecule has 0 radical (unpaired) electrons. The van der Waals surface area contributed by atoms with Crippen LogP contribution in [0.25, 0.3) is 17.0 Å². The van der Waals surface area contributed by atoms with Gasteiger partial charge >= 0.3 is 0 Å². The third-order valence-corrected chi connectivity index (χ3v) is 9.58. The zero-order valence-electron chi connectivity index (χ0n) is 23.3. The highest BCUT2D eigenvalue weighted by molar-refractivity contribution is 8.05. The van der Waals surface area contributed by atoms with Crippen LogP contribution in [0.5, 0.6) is 0 Å². The van der Waals surface area contributed by atoms with Crippen molar-refractivity contribution in [3.05, 3.63) is 111 Å². The SMILES string of the molecule is Cc1c(/C=C2\SC(Nc3ccccc3)N([C@@H]3CCCC[C@H]3C)C2=O)c2ccccc2n1Cc1ccc([N+](=O)[O-])cc1. The third-order valence-electron chi connectivity index (χ3n) is 8.47. The molecule has 41 heavy (non-hydrogen) atoms. The molecule has 1 N–H and O–H groups in total. The highest BCUT2D eigenvalue weighted by atomic mass is 32.2. The summed E-state index contributed by atoms with van der Waals surface area (Å²) in [4.78, 5) is 27.7. The number of nitro groups is 1. The summed E-state index contributed by atoms with van der Waals surface area (Å²) in [7, 11) is 0. The van der Waals surface area contributed by atoms with Crippen molar-refractivity contribution >= 4 is 46.0 Å². The number of thioether (sulfide) groups is 1. The number of hydrogen-bond acceptors (Lipinski definition) is 5. The molecule has 1 saturated carbocycles. The van der Waals surface area contributed by atoms with Gasteiger partial charge in [-0.3, -0.25) is 14.9 Å². The fourth-order valence-electron chi connectivity index (χ4n) is 6.25. The van der Waals surface area contributed by atoms with E-state index in [4.69, 9.17) is 0 Å². The van der Waals surface area contributed by atoms with Gasteiger partial charge in [0.1, 0.15) is 0 Å². The van der Waals surface area contributed by atoms with E-state index in [0.29, 0.717) is 12.5 Å². The Hall–Kier alpha value is -4.04. The number of hydrogen-bond donors (Lipinski definition) is 1. The minimum Gasteiger partial charge on any atom is -0.356 e. The van der Waals surface area contributed by atoms with E-state index in [1.54, 1.807) is 23.9 Å². The van der Waals surface area contributed by atoms with Crippen molar-refractivity contribution < 1.29 is 9.72 Å². The monoisotopic (exact) mass is 566 g/mol. The van der Waals surface area contributed by atoms with Crippen molar-refractivity contribution in [3.63, 3.8) is 0 Å². The van der Waals surface area contributed by atoms with E-state index >= 15 is 0 Å². The lowest BCUT2D eigenvalue weighted by Crippen LogP contribution is -2.48. The molecular weight excluding hydrogens is 532 g/mol. The predicted octanol–water partition coefficient (Wildman–Crippen LogP) is 7.80. The lowest BCUT2D eigenvalue weighted by atomic mass is 9.85. The first-order chi connectivity index (χ1) is 19.9. The molecule has 1 saturated heterocycles. The fourth-order valence-corrected chi connectivity index (χ4v) is 7.44. The molecule has 0 spiro atoms. The normalized spacial score (nSPS) is 22.0. The van der Waals surface area contributed by atoms with Crippen molar-refractivity contribution in [2.24, 2.45) is 5.92 Å². The molecule has 210 valence electrons. The largest absolute Gasteiger partial charge is 0.356 e. The standard InChI is InChI=1S/C33H34N4O3S/c1-22-10-6-8-14-29(22)36-32(38)31(41-33(36)34-25-11-4-3-5-12-25)20-28-23(2)35(30-15-9-7-13-27(28)30)21-24-16-18-26(19-17-24)37(39)40/h3-5,7,9,11-13,15-20,22,29,33-34H,6,8,10,14,21H2,1-2H3/b31-20-/t22-,29-,33?/m1/s1. The van der Waals surface area contributed by atoms with E-state index < -0.39 is 0 Å². The van der Waals surface area contributed by atoms with Crippen LogP contribution < -0.4 is 5.32 Å². The lowest BCUT2D eigenvalue weighted by molar-refractivity contribution is -0.384. The van der Waals surface area contributed by atoms with E-state index in [9.17, 15) is 14.9 Å². The van der Waals surface area contributed by atoms with Gasteiger partial charge in [-0.25, -0.2) is 0 Å². The van der Waals surface area contributed by atoms with Gasteiger partial charge in [0, 0.05) is 52.6 Å².